The molecule has 3 rings (SSSR count). The molecule has 6 nitrogen and oxygen atoms in total. The van der Waals surface area contributed by atoms with Crippen LogP contribution in [0.15, 0.2) is 36.5 Å². The highest BCUT2D eigenvalue weighted by Gasteiger charge is 2.58. The number of carboxylic acid groups (broad SMARTS) is 1. The van der Waals surface area contributed by atoms with Crippen LogP contribution in [-0.4, -0.2) is 35.6 Å². The van der Waals surface area contributed by atoms with Crippen molar-refractivity contribution < 1.29 is 24.2 Å². The van der Waals surface area contributed by atoms with E-state index in [1.165, 1.54) is 13.3 Å². The number of hydrogen-bond acceptors (Lipinski definition) is 5. The Morgan fingerprint density at radius 3 is 2.71 bits per heavy atom. The first-order chi connectivity index (χ1) is 13.4. The molecule has 0 spiro atoms. The van der Waals surface area contributed by atoms with Crippen molar-refractivity contribution in [3.63, 3.8) is 0 Å². The van der Waals surface area contributed by atoms with Crippen molar-refractivity contribution in [3.8, 4) is 11.6 Å². The first kappa shape index (κ1) is 20.1. The number of methoxy groups -OCH3 is 1. The third-order valence-electron chi connectivity index (χ3n) is 5.23. The highest BCUT2D eigenvalue weighted by Crippen LogP contribution is 2.55. The number of ether oxygens (including phenoxy) is 2. The van der Waals surface area contributed by atoms with Gasteiger partial charge in [0.15, 0.2) is 11.5 Å². The zero-order chi connectivity index (χ0) is 20.3. The zero-order valence-electron chi connectivity index (χ0n) is 15.8. The molecule has 1 aromatic carbocycles. The number of rotatable bonds is 9. The second-order valence-electron chi connectivity index (χ2n) is 7.13. The molecule has 7 heteroatoms. The Balaban J connectivity index is 1.69. The number of halogens is 1. The Labute approximate surface area is 168 Å². The van der Waals surface area contributed by atoms with Crippen LogP contribution in [0.2, 0.25) is 5.02 Å². The van der Waals surface area contributed by atoms with Crippen LogP contribution < -0.4 is 9.47 Å². The number of aromatic nitrogens is 1. The van der Waals surface area contributed by atoms with Gasteiger partial charge in [-0.2, -0.15) is 0 Å². The summed E-state index contributed by atoms with van der Waals surface area (Å²) in [6.07, 6.45) is 2.50. The lowest BCUT2D eigenvalue weighted by Crippen LogP contribution is -2.21. The van der Waals surface area contributed by atoms with E-state index in [1.807, 2.05) is 25.1 Å². The van der Waals surface area contributed by atoms with Crippen molar-refractivity contribution in [2.75, 3.05) is 13.7 Å². The van der Waals surface area contributed by atoms with Gasteiger partial charge in [0, 0.05) is 29.6 Å². The molecule has 2 aromatic rings. The smallest absolute Gasteiger partial charge is 0.310 e. The number of carbonyl (C=O) groups excluding carboxylic acids is 1. The average Bonchev–Trinajstić information content (AvgIpc) is 3.32. The highest BCUT2D eigenvalue weighted by molar-refractivity contribution is 6.30. The molecule has 0 saturated heterocycles. The number of Topliss-reactive ketones (excluding diaryl/α,β-unsaturated/α-hetero) is 1. The van der Waals surface area contributed by atoms with Gasteiger partial charge in [-0.25, -0.2) is 4.98 Å². The average molecular weight is 404 g/mol. The standard InChI is InChI=1S/C21H22ClNO5/c1-13-10-21(13,20(25)26)11-17(24)15-9-18(19(27-2)23-12-15)28-7-6-14-4-3-5-16(22)8-14/h3-5,8-9,12-13H,6-7,10-11H2,1-2H3,(H,25,26)/t13-,21-/m1/s1. The normalized spacial score (nSPS) is 20.5. The van der Waals surface area contributed by atoms with E-state index < -0.39 is 11.4 Å². The van der Waals surface area contributed by atoms with Gasteiger partial charge in [-0.05, 0) is 36.1 Å². The van der Waals surface area contributed by atoms with Crippen molar-refractivity contribution in [1.82, 2.24) is 4.98 Å². The van der Waals surface area contributed by atoms with E-state index >= 15 is 0 Å². The minimum Gasteiger partial charge on any atom is -0.488 e. The van der Waals surface area contributed by atoms with Gasteiger partial charge < -0.3 is 14.6 Å². The lowest BCUT2D eigenvalue weighted by atomic mass is 9.94. The van der Waals surface area contributed by atoms with Crippen LogP contribution in [0.5, 0.6) is 11.6 Å². The van der Waals surface area contributed by atoms with E-state index in [-0.39, 0.29) is 24.0 Å². The molecule has 1 aliphatic rings. The van der Waals surface area contributed by atoms with E-state index in [1.54, 1.807) is 12.1 Å². The molecule has 1 heterocycles. The second kappa shape index (κ2) is 8.19. The van der Waals surface area contributed by atoms with Crippen molar-refractivity contribution in [1.29, 1.82) is 0 Å². The van der Waals surface area contributed by atoms with Crippen molar-refractivity contribution in [2.45, 2.75) is 26.2 Å². The number of pyridine rings is 1. The van der Waals surface area contributed by atoms with Crippen LogP contribution in [-0.2, 0) is 11.2 Å². The zero-order valence-corrected chi connectivity index (χ0v) is 16.5. The maximum absolute atomic E-state index is 12.6. The monoisotopic (exact) mass is 403 g/mol. The SMILES string of the molecule is COc1ncc(C(=O)C[C@]2(C(=O)O)C[C@H]2C)cc1OCCc1cccc(Cl)c1. The summed E-state index contributed by atoms with van der Waals surface area (Å²) in [5, 5.41) is 10.1. The molecule has 1 fully saturated rings. The summed E-state index contributed by atoms with van der Waals surface area (Å²) in [6.45, 7) is 2.20. The second-order valence-corrected chi connectivity index (χ2v) is 7.56. The first-order valence-electron chi connectivity index (χ1n) is 9.03. The van der Waals surface area contributed by atoms with Crippen LogP contribution in [0.1, 0.15) is 35.7 Å². The van der Waals surface area contributed by atoms with Crippen LogP contribution in [0.25, 0.3) is 0 Å². The minimum atomic E-state index is -0.954. The third kappa shape index (κ3) is 4.28. The molecule has 1 saturated carbocycles. The van der Waals surface area contributed by atoms with Gasteiger partial charge in [0.05, 0.1) is 19.1 Å². The molecule has 148 valence electrons. The molecule has 1 N–H and O–H groups in total. The maximum atomic E-state index is 12.6. The summed E-state index contributed by atoms with van der Waals surface area (Å²) in [4.78, 5) is 28.3. The van der Waals surface area contributed by atoms with Gasteiger partial charge in [-0.15, -0.1) is 0 Å². The van der Waals surface area contributed by atoms with E-state index in [0.29, 0.717) is 35.8 Å². The summed E-state index contributed by atoms with van der Waals surface area (Å²) in [5.41, 5.74) is 0.390. The number of nitrogens with zero attached hydrogens (tertiary/aromatic N) is 1. The molecular formula is C21H22ClNO5. The Morgan fingerprint density at radius 2 is 2.11 bits per heavy atom. The van der Waals surface area contributed by atoms with Crippen molar-refractivity contribution in [3.05, 3.63) is 52.7 Å². The Kier molecular flexibility index (Phi) is 5.89. The Morgan fingerprint density at radius 1 is 1.36 bits per heavy atom. The summed E-state index contributed by atoms with van der Waals surface area (Å²) < 4.78 is 11.0. The number of aliphatic carboxylic acids is 1. The van der Waals surface area contributed by atoms with Crippen molar-refractivity contribution >= 4 is 23.4 Å². The largest absolute Gasteiger partial charge is 0.488 e. The van der Waals surface area contributed by atoms with E-state index in [4.69, 9.17) is 21.1 Å². The number of hydrogen-bond donors (Lipinski definition) is 1. The number of carboxylic acids is 1. The summed E-state index contributed by atoms with van der Waals surface area (Å²) in [7, 11) is 1.47. The third-order valence-corrected chi connectivity index (χ3v) is 5.46. The topological polar surface area (TPSA) is 85.7 Å². The Bertz CT molecular complexity index is 900. The van der Waals surface area contributed by atoms with Gasteiger partial charge in [-0.1, -0.05) is 30.7 Å². The molecule has 0 amide bonds. The molecule has 0 unspecified atom stereocenters. The predicted octanol–water partition coefficient (Wildman–Crippen LogP) is 4.05. The quantitative estimate of drug-likeness (QED) is 0.636. The summed E-state index contributed by atoms with van der Waals surface area (Å²) >= 11 is 5.98. The summed E-state index contributed by atoms with van der Waals surface area (Å²) in [6, 6.07) is 9.05. The number of benzene rings is 1. The number of ketones is 1. The first-order valence-corrected chi connectivity index (χ1v) is 9.41. The number of carbonyl (C=O) groups is 2. The fourth-order valence-electron chi connectivity index (χ4n) is 3.31. The molecule has 1 aliphatic carbocycles. The lowest BCUT2D eigenvalue weighted by Gasteiger charge is -2.13. The summed E-state index contributed by atoms with van der Waals surface area (Å²) in [5.74, 6) is -0.568. The van der Waals surface area contributed by atoms with E-state index in [2.05, 4.69) is 4.98 Å². The fraction of sp³-hybridized carbons (Fsp3) is 0.381. The van der Waals surface area contributed by atoms with Crippen molar-refractivity contribution in [2.24, 2.45) is 11.3 Å². The van der Waals surface area contributed by atoms with Gasteiger partial charge in [0.2, 0.25) is 0 Å². The predicted molar refractivity (Wildman–Crippen MR) is 104 cm³/mol. The Hall–Kier alpha value is -2.60. The fourth-order valence-corrected chi connectivity index (χ4v) is 3.52. The molecule has 1 aromatic heterocycles. The van der Waals surface area contributed by atoms with Gasteiger partial charge in [0.25, 0.3) is 5.88 Å². The molecule has 0 bridgehead atoms. The van der Waals surface area contributed by atoms with E-state index in [9.17, 15) is 14.7 Å². The van der Waals surface area contributed by atoms with Crippen LogP contribution >= 0.6 is 11.6 Å². The highest BCUT2D eigenvalue weighted by atomic mass is 35.5. The molecule has 0 radical (unpaired) electrons. The molecule has 28 heavy (non-hydrogen) atoms. The van der Waals surface area contributed by atoms with E-state index in [0.717, 1.165) is 5.56 Å². The van der Waals surface area contributed by atoms with Crippen LogP contribution in [0.3, 0.4) is 0 Å². The molecular weight excluding hydrogens is 382 g/mol. The van der Waals surface area contributed by atoms with Gasteiger partial charge in [-0.3, -0.25) is 9.59 Å². The molecule has 2 atom stereocenters. The lowest BCUT2D eigenvalue weighted by molar-refractivity contribution is -0.143. The van der Waals surface area contributed by atoms with Crippen LogP contribution in [0, 0.1) is 11.3 Å². The van der Waals surface area contributed by atoms with Crippen LogP contribution in [0.4, 0.5) is 0 Å². The van der Waals surface area contributed by atoms with Gasteiger partial charge in [0.1, 0.15) is 0 Å². The molecule has 0 aliphatic heterocycles. The maximum Gasteiger partial charge on any atom is 0.310 e. The minimum absolute atomic E-state index is 0.00595. The van der Waals surface area contributed by atoms with Gasteiger partial charge >= 0.3 is 5.97 Å².